The molecule has 1 unspecified atom stereocenters. The number of hydrogen-bond donors (Lipinski definition) is 1. The molecule has 1 heterocycles. The van der Waals surface area contributed by atoms with Gasteiger partial charge in [0.1, 0.15) is 12.6 Å². The van der Waals surface area contributed by atoms with E-state index >= 15 is 0 Å². The summed E-state index contributed by atoms with van der Waals surface area (Å²) < 4.78 is 5.13. The van der Waals surface area contributed by atoms with Gasteiger partial charge < -0.3 is 15.0 Å². The van der Waals surface area contributed by atoms with Crippen molar-refractivity contribution in [2.75, 3.05) is 20.3 Å². The Morgan fingerprint density at radius 3 is 2.59 bits per heavy atom. The van der Waals surface area contributed by atoms with Gasteiger partial charge in [0.25, 0.3) is 0 Å². The predicted octanol–water partition coefficient (Wildman–Crippen LogP) is 0.148. The highest BCUT2D eigenvalue weighted by atomic mass is 16.5. The number of piperazine rings is 1. The fourth-order valence-corrected chi connectivity index (χ4v) is 2.36. The standard InChI is InChI=1S/C12H20N2O3/c1-12(2,7-17-3)14-6-9(15)13-10(11(14)16)8-4-5-8/h8,10H,4-7H2,1-3H3,(H,13,15). The van der Waals surface area contributed by atoms with Gasteiger partial charge in [-0.2, -0.15) is 0 Å². The first-order valence-electron chi connectivity index (χ1n) is 6.05. The number of hydrogen-bond acceptors (Lipinski definition) is 3. The molecule has 0 bridgehead atoms. The van der Waals surface area contributed by atoms with Crippen LogP contribution in [0.3, 0.4) is 0 Å². The van der Waals surface area contributed by atoms with Gasteiger partial charge in [0.2, 0.25) is 11.8 Å². The van der Waals surface area contributed by atoms with E-state index in [0.29, 0.717) is 12.5 Å². The molecule has 0 aromatic heterocycles. The Balaban J connectivity index is 2.14. The van der Waals surface area contributed by atoms with Crippen molar-refractivity contribution in [3.8, 4) is 0 Å². The molecule has 0 aromatic carbocycles. The van der Waals surface area contributed by atoms with E-state index in [9.17, 15) is 9.59 Å². The lowest BCUT2D eigenvalue weighted by Crippen LogP contribution is -2.65. The zero-order valence-electron chi connectivity index (χ0n) is 10.7. The second kappa shape index (κ2) is 4.29. The molecule has 1 saturated carbocycles. The molecule has 5 heteroatoms. The van der Waals surface area contributed by atoms with Crippen molar-refractivity contribution in [2.24, 2.45) is 5.92 Å². The highest BCUT2D eigenvalue weighted by molar-refractivity contribution is 5.95. The van der Waals surface area contributed by atoms with Crippen LogP contribution in [0.4, 0.5) is 0 Å². The normalized spacial score (nSPS) is 26.1. The zero-order chi connectivity index (χ0) is 12.6. The van der Waals surface area contributed by atoms with E-state index in [1.165, 1.54) is 0 Å². The molecule has 1 atom stereocenters. The summed E-state index contributed by atoms with van der Waals surface area (Å²) in [7, 11) is 1.61. The van der Waals surface area contributed by atoms with Gasteiger partial charge in [-0.05, 0) is 32.6 Å². The summed E-state index contributed by atoms with van der Waals surface area (Å²) >= 11 is 0. The summed E-state index contributed by atoms with van der Waals surface area (Å²) in [6.07, 6.45) is 2.07. The lowest BCUT2D eigenvalue weighted by molar-refractivity contribution is -0.152. The number of carbonyl (C=O) groups excluding carboxylic acids is 2. The van der Waals surface area contributed by atoms with Gasteiger partial charge in [0.15, 0.2) is 0 Å². The molecule has 0 spiro atoms. The highest BCUT2D eigenvalue weighted by Crippen LogP contribution is 2.35. The van der Waals surface area contributed by atoms with Gasteiger partial charge in [0, 0.05) is 7.11 Å². The molecule has 1 N–H and O–H groups in total. The smallest absolute Gasteiger partial charge is 0.246 e. The van der Waals surface area contributed by atoms with Crippen LogP contribution >= 0.6 is 0 Å². The molecule has 1 aliphatic heterocycles. The molecule has 2 aliphatic rings. The van der Waals surface area contributed by atoms with Gasteiger partial charge in [-0.25, -0.2) is 0 Å². The van der Waals surface area contributed by atoms with Crippen molar-refractivity contribution in [2.45, 2.75) is 38.3 Å². The summed E-state index contributed by atoms with van der Waals surface area (Å²) in [6, 6.07) is -0.313. The summed E-state index contributed by atoms with van der Waals surface area (Å²) in [4.78, 5) is 25.6. The van der Waals surface area contributed by atoms with Gasteiger partial charge in [-0.15, -0.1) is 0 Å². The van der Waals surface area contributed by atoms with Gasteiger partial charge in [0.05, 0.1) is 12.1 Å². The molecule has 0 radical (unpaired) electrons. The third-order valence-electron chi connectivity index (χ3n) is 3.47. The molecular weight excluding hydrogens is 220 g/mol. The lowest BCUT2D eigenvalue weighted by atomic mass is 9.99. The summed E-state index contributed by atoms with van der Waals surface area (Å²) in [5.41, 5.74) is -0.434. The minimum atomic E-state index is -0.434. The SMILES string of the molecule is COCC(C)(C)N1CC(=O)NC(C2CC2)C1=O. The lowest BCUT2D eigenvalue weighted by Gasteiger charge is -2.42. The largest absolute Gasteiger partial charge is 0.382 e. The van der Waals surface area contributed by atoms with E-state index in [1.54, 1.807) is 12.0 Å². The zero-order valence-corrected chi connectivity index (χ0v) is 10.7. The number of rotatable bonds is 4. The van der Waals surface area contributed by atoms with Crippen LogP contribution in [0, 0.1) is 5.92 Å². The fourth-order valence-electron chi connectivity index (χ4n) is 2.36. The van der Waals surface area contributed by atoms with Crippen molar-refractivity contribution in [3.05, 3.63) is 0 Å². The third kappa shape index (κ3) is 2.44. The molecule has 17 heavy (non-hydrogen) atoms. The number of nitrogens with one attached hydrogen (secondary N) is 1. The summed E-state index contributed by atoms with van der Waals surface area (Å²) in [6.45, 7) is 4.43. The van der Waals surface area contributed by atoms with Crippen LogP contribution in [0.25, 0.3) is 0 Å². The molecule has 2 amide bonds. The molecule has 1 aliphatic carbocycles. The molecule has 5 nitrogen and oxygen atoms in total. The monoisotopic (exact) mass is 240 g/mol. The van der Waals surface area contributed by atoms with Crippen LogP contribution in [0.5, 0.6) is 0 Å². The number of amides is 2. The minimum absolute atomic E-state index is 0.0363. The van der Waals surface area contributed by atoms with Gasteiger partial charge in [-0.1, -0.05) is 0 Å². The molecular formula is C12H20N2O3. The quantitative estimate of drug-likeness (QED) is 0.761. The topological polar surface area (TPSA) is 58.6 Å². The summed E-state index contributed by atoms with van der Waals surface area (Å²) in [5.74, 6) is 0.312. The van der Waals surface area contributed by atoms with E-state index in [4.69, 9.17) is 4.74 Å². The van der Waals surface area contributed by atoms with Crippen molar-refractivity contribution >= 4 is 11.8 Å². The van der Waals surface area contributed by atoms with E-state index in [-0.39, 0.29) is 24.4 Å². The first-order valence-corrected chi connectivity index (χ1v) is 6.05. The van der Waals surface area contributed by atoms with Crippen molar-refractivity contribution in [1.29, 1.82) is 0 Å². The van der Waals surface area contributed by atoms with Crippen LogP contribution in [0.15, 0.2) is 0 Å². The van der Waals surface area contributed by atoms with Crippen LogP contribution in [-0.4, -0.2) is 48.6 Å². The Kier molecular flexibility index (Phi) is 3.12. The molecule has 2 fully saturated rings. The van der Waals surface area contributed by atoms with Crippen molar-refractivity contribution in [1.82, 2.24) is 10.2 Å². The van der Waals surface area contributed by atoms with E-state index in [0.717, 1.165) is 12.8 Å². The van der Waals surface area contributed by atoms with Crippen LogP contribution in [0.1, 0.15) is 26.7 Å². The molecule has 0 aromatic rings. The Morgan fingerprint density at radius 2 is 2.06 bits per heavy atom. The van der Waals surface area contributed by atoms with Crippen LogP contribution < -0.4 is 5.32 Å². The average Bonchev–Trinajstić information content (AvgIpc) is 3.04. The number of ether oxygens (including phenoxy) is 1. The maximum atomic E-state index is 12.3. The maximum Gasteiger partial charge on any atom is 0.246 e. The van der Waals surface area contributed by atoms with Gasteiger partial charge in [-0.3, -0.25) is 9.59 Å². The maximum absolute atomic E-state index is 12.3. The first-order chi connectivity index (χ1) is 7.95. The van der Waals surface area contributed by atoms with Crippen molar-refractivity contribution in [3.63, 3.8) is 0 Å². The van der Waals surface area contributed by atoms with Gasteiger partial charge >= 0.3 is 0 Å². The van der Waals surface area contributed by atoms with Crippen molar-refractivity contribution < 1.29 is 14.3 Å². The minimum Gasteiger partial charge on any atom is -0.382 e. The van der Waals surface area contributed by atoms with Crippen LogP contribution in [0.2, 0.25) is 0 Å². The van der Waals surface area contributed by atoms with E-state index < -0.39 is 5.54 Å². The predicted molar refractivity (Wildman–Crippen MR) is 62.3 cm³/mol. The Morgan fingerprint density at radius 1 is 1.41 bits per heavy atom. The highest BCUT2D eigenvalue weighted by Gasteiger charge is 2.46. The first kappa shape index (κ1) is 12.4. The second-order valence-electron chi connectivity index (χ2n) is 5.55. The average molecular weight is 240 g/mol. The van der Waals surface area contributed by atoms with E-state index in [1.807, 2.05) is 13.8 Å². The fraction of sp³-hybridized carbons (Fsp3) is 0.833. The molecule has 96 valence electrons. The summed E-state index contributed by atoms with van der Waals surface area (Å²) in [5, 5.41) is 2.80. The Labute approximate surface area is 101 Å². The third-order valence-corrected chi connectivity index (χ3v) is 3.47. The Hall–Kier alpha value is -1.10. The second-order valence-corrected chi connectivity index (χ2v) is 5.55. The number of methoxy groups -OCH3 is 1. The van der Waals surface area contributed by atoms with Crippen LogP contribution in [-0.2, 0) is 14.3 Å². The number of carbonyl (C=O) groups is 2. The number of nitrogens with zero attached hydrogens (tertiary/aromatic N) is 1. The van der Waals surface area contributed by atoms with E-state index in [2.05, 4.69) is 5.32 Å². The Bertz CT molecular complexity index is 337. The molecule has 1 saturated heterocycles. The molecule has 2 rings (SSSR count).